The molecule has 0 spiro atoms. The minimum Gasteiger partial charge on any atom is -0.464 e. The molecule has 0 amide bonds. The molecular weight excluding hydrogens is 416 g/mol. The van der Waals surface area contributed by atoms with Crippen LogP contribution < -0.4 is 4.74 Å². The van der Waals surface area contributed by atoms with Crippen molar-refractivity contribution in [2.75, 3.05) is 0 Å². The fraction of sp³-hybridized carbons (Fsp3) is 0.292. The third-order valence-corrected chi connectivity index (χ3v) is 5.96. The van der Waals surface area contributed by atoms with Crippen LogP contribution in [0.25, 0.3) is 11.0 Å². The molecule has 2 aliphatic rings. The molecule has 0 bridgehead atoms. The molecule has 5 rings (SSSR count). The molecule has 8 heteroatoms. The average molecular weight is 436 g/mol. The second kappa shape index (κ2) is 7.37. The van der Waals surface area contributed by atoms with Crippen molar-refractivity contribution in [3.05, 3.63) is 63.9 Å². The SMILES string of the molecule is Cc1cc(C=O)c2c3c(oc2c1)C(=O)c1c(O[C@H]2C[C@H](O)[C@@H](O)[C@H](C)O2)cccc1C3=O. The van der Waals surface area contributed by atoms with Gasteiger partial charge in [0.2, 0.25) is 12.1 Å². The van der Waals surface area contributed by atoms with Crippen molar-refractivity contribution in [3.8, 4) is 5.75 Å². The van der Waals surface area contributed by atoms with E-state index in [2.05, 4.69) is 0 Å². The molecule has 2 aromatic carbocycles. The molecule has 0 unspecified atom stereocenters. The summed E-state index contributed by atoms with van der Waals surface area (Å²) in [5.41, 5.74) is 1.55. The Bertz CT molecular complexity index is 1270. The second-order valence-electron chi connectivity index (χ2n) is 8.17. The van der Waals surface area contributed by atoms with Crippen molar-refractivity contribution in [1.29, 1.82) is 0 Å². The Labute approximate surface area is 182 Å². The standard InChI is InChI=1S/C24H20O8/c1-10-6-12(9-25)18-16(7-10)32-24-20(18)22(28)13-4-3-5-15(19(13)23(24)29)31-17-8-14(26)21(27)11(2)30-17/h3-7,9,11,14,17,21,26-27H,8H2,1-2H3/t11-,14-,17-,21-/m0/s1. The molecule has 3 aromatic rings. The molecule has 32 heavy (non-hydrogen) atoms. The summed E-state index contributed by atoms with van der Waals surface area (Å²) in [5, 5.41) is 20.2. The highest BCUT2D eigenvalue weighted by Gasteiger charge is 2.40. The van der Waals surface area contributed by atoms with Crippen molar-refractivity contribution >= 4 is 28.8 Å². The number of rotatable bonds is 3. The fourth-order valence-electron chi connectivity index (χ4n) is 4.42. The minimum atomic E-state index is -1.05. The highest BCUT2D eigenvalue weighted by atomic mass is 16.7. The van der Waals surface area contributed by atoms with Gasteiger partial charge in [0.1, 0.15) is 17.4 Å². The Morgan fingerprint density at radius 1 is 1.12 bits per heavy atom. The molecular formula is C24H20O8. The van der Waals surface area contributed by atoms with Gasteiger partial charge < -0.3 is 24.1 Å². The number of carbonyl (C=O) groups is 3. The Morgan fingerprint density at radius 3 is 2.62 bits per heavy atom. The number of ketones is 2. The van der Waals surface area contributed by atoms with Gasteiger partial charge in [-0.3, -0.25) is 14.4 Å². The molecule has 1 fully saturated rings. The van der Waals surface area contributed by atoms with Crippen LogP contribution in [0, 0.1) is 6.92 Å². The van der Waals surface area contributed by atoms with Gasteiger partial charge in [-0.2, -0.15) is 0 Å². The number of fused-ring (bicyclic) bond motifs is 4. The maximum absolute atomic E-state index is 13.4. The van der Waals surface area contributed by atoms with Crippen LogP contribution in [-0.4, -0.2) is 52.7 Å². The lowest BCUT2D eigenvalue weighted by Crippen LogP contribution is -2.48. The summed E-state index contributed by atoms with van der Waals surface area (Å²) in [6, 6.07) is 7.94. The summed E-state index contributed by atoms with van der Waals surface area (Å²) >= 11 is 0. The number of hydrogen-bond acceptors (Lipinski definition) is 8. The first kappa shape index (κ1) is 20.6. The summed E-state index contributed by atoms with van der Waals surface area (Å²) in [4.78, 5) is 38.4. The number of aliphatic hydroxyl groups is 2. The minimum absolute atomic E-state index is 0.00479. The number of carbonyl (C=O) groups excluding carboxylic acids is 3. The number of aliphatic hydroxyl groups excluding tert-OH is 2. The fourth-order valence-corrected chi connectivity index (χ4v) is 4.42. The average Bonchev–Trinajstić information content (AvgIpc) is 3.15. The van der Waals surface area contributed by atoms with E-state index < -0.39 is 36.2 Å². The topological polar surface area (TPSA) is 123 Å². The van der Waals surface area contributed by atoms with Crippen LogP contribution in [0.3, 0.4) is 0 Å². The highest BCUT2D eigenvalue weighted by molar-refractivity contribution is 6.33. The normalized spacial score (nSPS) is 24.9. The number of benzene rings is 2. The molecule has 2 heterocycles. The van der Waals surface area contributed by atoms with Gasteiger partial charge in [-0.15, -0.1) is 0 Å². The molecule has 1 aliphatic carbocycles. The Morgan fingerprint density at radius 2 is 1.91 bits per heavy atom. The van der Waals surface area contributed by atoms with Crippen LogP contribution in [-0.2, 0) is 4.74 Å². The van der Waals surface area contributed by atoms with Crippen LogP contribution in [0.2, 0.25) is 0 Å². The molecule has 4 atom stereocenters. The zero-order valence-corrected chi connectivity index (χ0v) is 17.3. The van der Waals surface area contributed by atoms with Crippen molar-refractivity contribution in [2.24, 2.45) is 0 Å². The van der Waals surface area contributed by atoms with E-state index in [9.17, 15) is 24.6 Å². The lowest BCUT2D eigenvalue weighted by Gasteiger charge is -2.35. The molecule has 164 valence electrons. The first-order valence-electron chi connectivity index (χ1n) is 10.2. The van der Waals surface area contributed by atoms with Gasteiger partial charge in [0.25, 0.3) is 0 Å². The number of hydrogen-bond donors (Lipinski definition) is 2. The number of aldehydes is 1. The van der Waals surface area contributed by atoms with E-state index in [1.807, 2.05) is 0 Å². The van der Waals surface area contributed by atoms with Gasteiger partial charge in [-0.25, -0.2) is 0 Å². The lowest BCUT2D eigenvalue weighted by molar-refractivity contribution is -0.216. The highest BCUT2D eigenvalue weighted by Crippen LogP contribution is 2.40. The van der Waals surface area contributed by atoms with E-state index in [0.717, 1.165) is 5.56 Å². The molecule has 8 nitrogen and oxygen atoms in total. The van der Waals surface area contributed by atoms with Crippen LogP contribution in [0.15, 0.2) is 34.7 Å². The molecule has 1 aliphatic heterocycles. The largest absolute Gasteiger partial charge is 0.464 e. The van der Waals surface area contributed by atoms with Crippen LogP contribution in [0.4, 0.5) is 0 Å². The first-order valence-corrected chi connectivity index (χ1v) is 10.2. The molecule has 0 saturated carbocycles. The van der Waals surface area contributed by atoms with E-state index in [4.69, 9.17) is 13.9 Å². The van der Waals surface area contributed by atoms with E-state index in [1.54, 1.807) is 32.0 Å². The van der Waals surface area contributed by atoms with Crippen LogP contribution in [0.5, 0.6) is 5.75 Å². The Kier molecular flexibility index (Phi) is 4.74. The summed E-state index contributed by atoms with van der Waals surface area (Å²) in [6.07, 6.45) is -3.05. The smallest absolute Gasteiger partial charge is 0.233 e. The predicted octanol–water partition coefficient (Wildman–Crippen LogP) is 2.56. The Hall–Kier alpha value is -3.33. The molecule has 2 N–H and O–H groups in total. The van der Waals surface area contributed by atoms with E-state index in [-0.39, 0.29) is 45.8 Å². The zero-order chi connectivity index (χ0) is 22.7. The third-order valence-electron chi connectivity index (χ3n) is 5.96. The first-order chi connectivity index (χ1) is 15.3. The van der Waals surface area contributed by atoms with Gasteiger partial charge in [0.05, 0.1) is 23.3 Å². The van der Waals surface area contributed by atoms with E-state index >= 15 is 0 Å². The maximum atomic E-state index is 13.4. The van der Waals surface area contributed by atoms with Crippen molar-refractivity contribution in [3.63, 3.8) is 0 Å². The van der Waals surface area contributed by atoms with E-state index in [1.165, 1.54) is 12.1 Å². The second-order valence-corrected chi connectivity index (χ2v) is 8.17. The number of furan rings is 1. The number of aryl methyl sites for hydroxylation is 1. The van der Waals surface area contributed by atoms with Crippen molar-refractivity contribution in [1.82, 2.24) is 0 Å². The molecule has 1 aromatic heterocycles. The summed E-state index contributed by atoms with van der Waals surface area (Å²) in [7, 11) is 0. The molecule has 0 radical (unpaired) electrons. The zero-order valence-electron chi connectivity index (χ0n) is 17.3. The van der Waals surface area contributed by atoms with Gasteiger partial charge in [0.15, 0.2) is 17.8 Å². The van der Waals surface area contributed by atoms with Crippen LogP contribution >= 0.6 is 0 Å². The summed E-state index contributed by atoms with van der Waals surface area (Å²) < 4.78 is 17.2. The number of ether oxygens (including phenoxy) is 2. The van der Waals surface area contributed by atoms with Crippen molar-refractivity contribution < 1.29 is 38.5 Å². The van der Waals surface area contributed by atoms with Gasteiger partial charge in [0, 0.05) is 22.9 Å². The van der Waals surface area contributed by atoms with E-state index in [0.29, 0.717) is 11.7 Å². The predicted molar refractivity (Wildman–Crippen MR) is 111 cm³/mol. The van der Waals surface area contributed by atoms with Crippen LogP contribution in [0.1, 0.15) is 61.3 Å². The molecule has 1 saturated heterocycles. The quantitative estimate of drug-likeness (QED) is 0.470. The monoisotopic (exact) mass is 436 g/mol. The van der Waals surface area contributed by atoms with Crippen molar-refractivity contribution in [2.45, 2.75) is 44.9 Å². The van der Waals surface area contributed by atoms with Gasteiger partial charge in [-0.05, 0) is 37.6 Å². The van der Waals surface area contributed by atoms with Gasteiger partial charge >= 0.3 is 0 Å². The summed E-state index contributed by atoms with van der Waals surface area (Å²) in [6.45, 7) is 3.39. The van der Waals surface area contributed by atoms with Gasteiger partial charge in [-0.1, -0.05) is 12.1 Å². The third kappa shape index (κ3) is 2.99. The summed E-state index contributed by atoms with van der Waals surface area (Å²) in [5.74, 6) is -1.02. The maximum Gasteiger partial charge on any atom is 0.233 e. The lowest BCUT2D eigenvalue weighted by atomic mass is 9.85. The Balaban J connectivity index is 1.60.